The van der Waals surface area contributed by atoms with Crippen molar-refractivity contribution < 1.29 is 18.8 Å². The van der Waals surface area contributed by atoms with Crippen LogP contribution in [0.4, 0.5) is 5.69 Å². The molecule has 1 aromatic carbocycles. The molecule has 3 rings (SSSR count). The maximum absolute atomic E-state index is 12.6. The number of hydrogen-bond donors (Lipinski definition) is 2. The van der Waals surface area contributed by atoms with Crippen LogP contribution in [0.25, 0.3) is 10.8 Å². The van der Waals surface area contributed by atoms with Gasteiger partial charge in [0.15, 0.2) is 13.1 Å². The van der Waals surface area contributed by atoms with Crippen LogP contribution < -0.4 is 10.2 Å². The van der Waals surface area contributed by atoms with Crippen molar-refractivity contribution in [1.82, 2.24) is 10.2 Å². The molecule has 2 N–H and O–H groups in total. The first-order valence-electron chi connectivity index (χ1n) is 8.80. The molecule has 7 nitrogen and oxygen atoms in total. The Hall–Kier alpha value is -2.26. The zero-order valence-corrected chi connectivity index (χ0v) is 17.3. The number of anilines is 1. The largest absolute Gasteiger partial charge is 0.414 e. The molecule has 0 radical (unpaired) electrons. The molecule has 28 heavy (non-hydrogen) atoms. The van der Waals surface area contributed by atoms with Crippen molar-refractivity contribution in [3.05, 3.63) is 52.2 Å². The van der Waals surface area contributed by atoms with E-state index < -0.39 is 0 Å². The van der Waals surface area contributed by atoms with Gasteiger partial charge in [-0.3, -0.25) is 4.79 Å². The van der Waals surface area contributed by atoms with Crippen LogP contribution in [0.5, 0.6) is 0 Å². The van der Waals surface area contributed by atoms with Gasteiger partial charge in [0.25, 0.3) is 17.7 Å². The lowest BCUT2D eigenvalue weighted by Crippen LogP contribution is -3.12. The number of nitrogens with zero attached hydrogens (tertiary/aromatic N) is 2. The molecule has 2 aromatic heterocycles. The van der Waals surface area contributed by atoms with Crippen molar-refractivity contribution in [3.8, 4) is 10.8 Å². The number of methoxy groups -OCH3 is 1. The number of ether oxygens (including phenoxy) is 1. The van der Waals surface area contributed by atoms with Crippen LogP contribution in [0, 0.1) is 6.92 Å². The van der Waals surface area contributed by atoms with Gasteiger partial charge in [0.05, 0.1) is 11.5 Å². The number of halogens is 1. The standard InChI is InChI=1S/C19H21ClN4O3S/c1-13-5-6-14(20)10-15(13)21-17(25)11-24(7-8-26-2)12-18-22-23-19(27-18)16-4-3-9-28-16/h3-6,9-10H,7-8,11-12H2,1-2H3,(H,21,25)/p+1. The first-order chi connectivity index (χ1) is 13.5. The van der Waals surface area contributed by atoms with Crippen LogP contribution >= 0.6 is 22.9 Å². The van der Waals surface area contributed by atoms with E-state index >= 15 is 0 Å². The van der Waals surface area contributed by atoms with Gasteiger partial charge in [-0.25, -0.2) is 0 Å². The van der Waals surface area contributed by atoms with Gasteiger partial charge in [0.1, 0.15) is 6.54 Å². The van der Waals surface area contributed by atoms with Crippen LogP contribution in [0.1, 0.15) is 11.5 Å². The van der Waals surface area contributed by atoms with Gasteiger partial charge in [-0.05, 0) is 36.1 Å². The fourth-order valence-corrected chi connectivity index (χ4v) is 3.49. The molecule has 1 unspecified atom stereocenters. The summed E-state index contributed by atoms with van der Waals surface area (Å²) in [5.74, 6) is 0.866. The fraction of sp³-hybridized carbons (Fsp3) is 0.316. The van der Waals surface area contributed by atoms with Crippen molar-refractivity contribution in [3.63, 3.8) is 0 Å². The first kappa shape index (κ1) is 20.5. The van der Waals surface area contributed by atoms with E-state index in [2.05, 4.69) is 15.5 Å². The summed E-state index contributed by atoms with van der Waals surface area (Å²) in [5.41, 5.74) is 1.66. The lowest BCUT2D eigenvalue weighted by atomic mass is 10.2. The number of amides is 1. The van der Waals surface area contributed by atoms with Gasteiger partial charge in [-0.15, -0.1) is 21.5 Å². The number of aromatic nitrogens is 2. The number of hydrogen-bond acceptors (Lipinski definition) is 6. The zero-order valence-electron chi connectivity index (χ0n) is 15.7. The summed E-state index contributed by atoms with van der Waals surface area (Å²) < 4.78 is 10.9. The van der Waals surface area contributed by atoms with E-state index in [1.807, 2.05) is 30.5 Å². The fourth-order valence-electron chi connectivity index (χ4n) is 2.67. The van der Waals surface area contributed by atoms with Crippen LogP contribution in [-0.4, -0.2) is 42.9 Å². The Kier molecular flexibility index (Phi) is 7.16. The number of carbonyl (C=O) groups excluding carboxylic acids is 1. The molecule has 1 amide bonds. The summed E-state index contributed by atoms with van der Waals surface area (Å²) in [5, 5.41) is 13.7. The summed E-state index contributed by atoms with van der Waals surface area (Å²) >= 11 is 7.57. The molecule has 0 bridgehead atoms. The molecule has 9 heteroatoms. The smallest absolute Gasteiger partial charge is 0.279 e. The van der Waals surface area contributed by atoms with Crippen molar-refractivity contribution in [2.75, 3.05) is 32.1 Å². The Morgan fingerprint density at radius 3 is 2.96 bits per heavy atom. The molecule has 0 saturated heterocycles. The van der Waals surface area contributed by atoms with Gasteiger partial charge < -0.3 is 19.4 Å². The van der Waals surface area contributed by atoms with E-state index in [9.17, 15) is 4.79 Å². The predicted octanol–water partition coefficient (Wildman–Crippen LogP) is 2.43. The Bertz CT molecular complexity index is 914. The lowest BCUT2D eigenvalue weighted by molar-refractivity contribution is -0.907. The molecule has 0 spiro atoms. The minimum atomic E-state index is -0.116. The molecule has 0 saturated carbocycles. The molecule has 3 aromatic rings. The number of rotatable bonds is 9. The van der Waals surface area contributed by atoms with E-state index in [1.165, 1.54) is 11.3 Å². The second-order valence-corrected chi connectivity index (χ2v) is 7.72. The Labute approximate surface area is 172 Å². The van der Waals surface area contributed by atoms with Crippen molar-refractivity contribution in [2.24, 2.45) is 0 Å². The summed E-state index contributed by atoms with van der Waals surface area (Å²) in [6, 6.07) is 9.27. The lowest BCUT2D eigenvalue weighted by Gasteiger charge is -2.17. The summed E-state index contributed by atoms with van der Waals surface area (Å²) in [6.45, 7) is 3.75. The molecular formula is C19H22ClN4O3S+. The first-order valence-corrected chi connectivity index (χ1v) is 10.1. The van der Waals surface area contributed by atoms with Gasteiger partial charge in [0.2, 0.25) is 0 Å². The number of nitrogens with one attached hydrogen (secondary N) is 2. The number of aryl methyl sites for hydroxylation is 1. The topological polar surface area (TPSA) is 81.7 Å². The molecule has 0 fully saturated rings. The molecule has 0 aliphatic carbocycles. The van der Waals surface area contributed by atoms with Gasteiger partial charge in [-0.1, -0.05) is 23.7 Å². The number of thiophene rings is 1. The third-order valence-electron chi connectivity index (χ3n) is 4.14. The van der Waals surface area contributed by atoms with Gasteiger partial charge >= 0.3 is 0 Å². The average Bonchev–Trinajstić information content (AvgIpc) is 3.34. The monoisotopic (exact) mass is 421 g/mol. The number of carbonyl (C=O) groups is 1. The van der Waals surface area contributed by atoms with E-state index in [4.69, 9.17) is 20.8 Å². The third-order valence-corrected chi connectivity index (χ3v) is 5.24. The summed E-state index contributed by atoms with van der Waals surface area (Å²) in [6.07, 6.45) is 0. The number of quaternary nitrogens is 1. The van der Waals surface area contributed by atoms with Crippen molar-refractivity contribution in [1.29, 1.82) is 0 Å². The van der Waals surface area contributed by atoms with Crippen LogP contribution in [0.2, 0.25) is 5.02 Å². The maximum atomic E-state index is 12.6. The molecule has 148 valence electrons. The minimum absolute atomic E-state index is 0.116. The van der Waals surface area contributed by atoms with Gasteiger partial charge in [-0.2, -0.15) is 0 Å². The third kappa shape index (κ3) is 5.62. The maximum Gasteiger partial charge on any atom is 0.279 e. The molecular weight excluding hydrogens is 400 g/mol. The van der Waals surface area contributed by atoms with E-state index in [0.29, 0.717) is 42.2 Å². The Morgan fingerprint density at radius 2 is 2.21 bits per heavy atom. The minimum Gasteiger partial charge on any atom is -0.414 e. The second-order valence-electron chi connectivity index (χ2n) is 6.33. The Balaban J connectivity index is 1.64. The molecule has 0 aliphatic heterocycles. The van der Waals surface area contributed by atoms with Gasteiger partial charge in [0, 0.05) is 17.8 Å². The van der Waals surface area contributed by atoms with E-state index in [-0.39, 0.29) is 12.5 Å². The van der Waals surface area contributed by atoms with Crippen LogP contribution in [0.15, 0.2) is 40.1 Å². The second kappa shape index (κ2) is 9.79. The summed E-state index contributed by atoms with van der Waals surface area (Å²) in [7, 11) is 1.63. The molecule has 1 atom stereocenters. The predicted molar refractivity (Wildman–Crippen MR) is 109 cm³/mol. The highest BCUT2D eigenvalue weighted by Crippen LogP contribution is 2.22. The normalized spacial score (nSPS) is 12.1. The Morgan fingerprint density at radius 1 is 1.36 bits per heavy atom. The SMILES string of the molecule is COCC[NH+](CC(=O)Nc1cc(Cl)ccc1C)Cc1nnc(-c2cccs2)o1. The highest BCUT2D eigenvalue weighted by atomic mass is 35.5. The summed E-state index contributed by atoms with van der Waals surface area (Å²) in [4.78, 5) is 14.4. The molecule has 2 heterocycles. The zero-order chi connectivity index (χ0) is 19.9. The van der Waals surface area contributed by atoms with E-state index in [0.717, 1.165) is 15.3 Å². The average molecular weight is 422 g/mol. The van der Waals surface area contributed by atoms with Crippen LogP contribution in [-0.2, 0) is 16.1 Å². The highest BCUT2D eigenvalue weighted by molar-refractivity contribution is 7.13. The van der Waals surface area contributed by atoms with Crippen molar-refractivity contribution >= 4 is 34.5 Å². The number of benzene rings is 1. The highest BCUT2D eigenvalue weighted by Gasteiger charge is 2.20. The molecule has 0 aliphatic rings. The van der Waals surface area contributed by atoms with E-state index in [1.54, 1.807) is 19.2 Å². The van der Waals surface area contributed by atoms with Crippen molar-refractivity contribution in [2.45, 2.75) is 13.5 Å². The van der Waals surface area contributed by atoms with Crippen LogP contribution in [0.3, 0.4) is 0 Å². The quantitative estimate of drug-likeness (QED) is 0.554.